The first-order valence-corrected chi connectivity index (χ1v) is 14.4. The molecule has 7 rings (SSSR count). The van der Waals surface area contributed by atoms with Crippen LogP contribution in [-0.4, -0.2) is 73.7 Å². The number of nitrogens with zero attached hydrogens (tertiary/aromatic N) is 4. The highest BCUT2D eigenvalue weighted by Gasteiger charge is 2.49. The molecule has 4 aromatic rings. The van der Waals surface area contributed by atoms with Crippen molar-refractivity contribution >= 4 is 21.7 Å². The van der Waals surface area contributed by atoms with Crippen LogP contribution in [0.1, 0.15) is 43.9 Å². The van der Waals surface area contributed by atoms with Gasteiger partial charge in [0.2, 0.25) is 5.88 Å². The molecule has 0 radical (unpaired) electrons. The molecule has 0 saturated carbocycles. The second-order valence-corrected chi connectivity index (χ2v) is 11.7. The van der Waals surface area contributed by atoms with E-state index in [0.717, 1.165) is 19.4 Å². The van der Waals surface area contributed by atoms with E-state index in [-0.39, 0.29) is 57.4 Å². The molecule has 222 valence electrons. The van der Waals surface area contributed by atoms with Crippen molar-refractivity contribution in [2.75, 3.05) is 19.7 Å². The van der Waals surface area contributed by atoms with Gasteiger partial charge in [0, 0.05) is 23.9 Å². The number of pyridine rings is 1. The number of hydrogen-bond donors (Lipinski definition) is 2. The zero-order valence-electron chi connectivity index (χ0n) is 23.4. The summed E-state index contributed by atoms with van der Waals surface area (Å²) in [5.74, 6) is 0.644. The van der Waals surface area contributed by atoms with Crippen LogP contribution in [0.15, 0.2) is 24.3 Å². The Labute approximate surface area is 245 Å². The van der Waals surface area contributed by atoms with Crippen molar-refractivity contribution in [2.24, 2.45) is 0 Å². The average molecular weight is 591 g/mol. The Hall–Kier alpha value is -4.14. The number of aryl methyl sites for hydroxylation is 1. The molecule has 4 atom stereocenters. The van der Waals surface area contributed by atoms with Crippen LogP contribution in [0.3, 0.4) is 0 Å². The fraction of sp³-hybridized carbons (Fsp3) is 0.406. The smallest absolute Gasteiger partial charge is 0.320 e. The molecule has 0 aliphatic carbocycles. The van der Waals surface area contributed by atoms with Crippen molar-refractivity contribution in [2.45, 2.75) is 62.9 Å². The molecule has 3 aliphatic heterocycles. The van der Waals surface area contributed by atoms with Gasteiger partial charge in [0.05, 0.1) is 28.3 Å². The number of ether oxygens (including phenoxy) is 2. The van der Waals surface area contributed by atoms with E-state index in [4.69, 9.17) is 15.9 Å². The molecule has 2 N–H and O–H groups in total. The first kappa shape index (κ1) is 27.7. The zero-order valence-corrected chi connectivity index (χ0v) is 23.4. The average Bonchev–Trinajstić information content (AvgIpc) is 3.43. The Morgan fingerprint density at radius 2 is 2.07 bits per heavy atom. The Morgan fingerprint density at radius 3 is 2.86 bits per heavy atom. The van der Waals surface area contributed by atoms with Crippen LogP contribution < -0.4 is 9.47 Å². The van der Waals surface area contributed by atoms with E-state index in [9.17, 15) is 19.0 Å². The second kappa shape index (κ2) is 10.2. The van der Waals surface area contributed by atoms with Crippen LogP contribution in [0.4, 0.5) is 13.2 Å². The standard InChI is InChI=1S/C32H29F3N4O4/c1-3-20-22(34)6-5-17-11-19(41)12-21(25(17)20)28-27(35)29-26-23(36-28)7-8-24(16(2)40)43-30(26)38-31(37-29)42-15-32-9-4-10-39(32)14-18(33)13-32/h1,5-6,11-12,16,18,24,40-41H,4,7-10,13-15H2,2H3/t16-,18-,24-,32+/m1/s1. The largest absolute Gasteiger partial charge is 0.508 e. The highest BCUT2D eigenvalue weighted by atomic mass is 19.1. The quantitative estimate of drug-likeness (QED) is 0.319. The summed E-state index contributed by atoms with van der Waals surface area (Å²) >= 11 is 0. The molecule has 2 fully saturated rings. The monoisotopic (exact) mass is 590 g/mol. The predicted octanol–water partition coefficient (Wildman–Crippen LogP) is 4.84. The summed E-state index contributed by atoms with van der Waals surface area (Å²) in [6, 6.07) is 5.19. The van der Waals surface area contributed by atoms with Gasteiger partial charge in [-0.25, -0.2) is 18.2 Å². The number of aromatic hydroxyl groups is 1. The Kier molecular flexibility index (Phi) is 6.59. The van der Waals surface area contributed by atoms with Crippen molar-refractivity contribution < 1.29 is 32.9 Å². The molecule has 3 aliphatic rings. The van der Waals surface area contributed by atoms with Gasteiger partial charge in [-0.2, -0.15) is 9.97 Å². The third kappa shape index (κ3) is 4.51. The molecule has 11 heteroatoms. The molecule has 43 heavy (non-hydrogen) atoms. The van der Waals surface area contributed by atoms with Gasteiger partial charge in [0.15, 0.2) is 5.82 Å². The van der Waals surface area contributed by atoms with Crippen molar-refractivity contribution in [3.05, 3.63) is 47.2 Å². The minimum Gasteiger partial charge on any atom is -0.508 e. The Morgan fingerprint density at radius 1 is 1.23 bits per heavy atom. The number of fused-ring (bicyclic) bond motifs is 2. The fourth-order valence-corrected chi connectivity index (χ4v) is 6.92. The number of halogens is 3. The number of hydrogen-bond acceptors (Lipinski definition) is 8. The maximum Gasteiger partial charge on any atom is 0.320 e. The van der Waals surface area contributed by atoms with E-state index in [0.29, 0.717) is 36.9 Å². The summed E-state index contributed by atoms with van der Waals surface area (Å²) in [6.45, 7) is 2.83. The zero-order chi connectivity index (χ0) is 30.0. The lowest BCUT2D eigenvalue weighted by Crippen LogP contribution is -2.43. The number of rotatable bonds is 5. The summed E-state index contributed by atoms with van der Waals surface area (Å²) in [5, 5.41) is 21.8. The minimum absolute atomic E-state index is 0.0167. The van der Waals surface area contributed by atoms with Gasteiger partial charge in [-0.05, 0) is 62.7 Å². The molecule has 2 aromatic carbocycles. The lowest BCUT2D eigenvalue weighted by molar-refractivity contribution is 0.0423. The second-order valence-electron chi connectivity index (χ2n) is 11.7. The molecule has 0 amide bonds. The summed E-state index contributed by atoms with van der Waals surface area (Å²) in [6.07, 6.45) is 5.83. The Bertz CT molecular complexity index is 1830. The Balaban J connectivity index is 1.42. The minimum atomic E-state index is -0.954. The maximum atomic E-state index is 16.6. The molecular weight excluding hydrogens is 561 g/mol. The van der Waals surface area contributed by atoms with Crippen molar-refractivity contribution in [3.63, 3.8) is 0 Å². The molecule has 0 unspecified atom stereocenters. The molecule has 8 nitrogen and oxygen atoms in total. The number of aromatic nitrogens is 3. The third-order valence-electron chi connectivity index (χ3n) is 8.96. The highest BCUT2D eigenvalue weighted by molar-refractivity contribution is 6.02. The molecule has 0 spiro atoms. The fourth-order valence-electron chi connectivity index (χ4n) is 6.92. The summed E-state index contributed by atoms with van der Waals surface area (Å²) in [5.41, 5.74) is -0.405. The number of terminal acetylenes is 1. The molecular formula is C32H29F3N4O4. The number of phenolic OH excluding ortho intramolecular Hbond substituents is 1. The van der Waals surface area contributed by atoms with Gasteiger partial charge in [0.1, 0.15) is 41.7 Å². The molecule has 5 heterocycles. The normalized spacial score (nSPS) is 24.0. The van der Waals surface area contributed by atoms with Crippen molar-refractivity contribution in [3.8, 4) is 41.2 Å². The topological polar surface area (TPSA) is 101 Å². The van der Waals surface area contributed by atoms with Gasteiger partial charge in [-0.15, -0.1) is 6.42 Å². The summed E-state index contributed by atoms with van der Waals surface area (Å²) in [4.78, 5) is 15.6. The lowest BCUT2D eigenvalue weighted by Gasteiger charge is -2.30. The highest BCUT2D eigenvalue weighted by Crippen LogP contribution is 2.43. The number of aliphatic hydroxyl groups is 1. The lowest BCUT2D eigenvalue weighted by atomic mass is 9.95. The van der Waals surface area contributed by atoms with Crippen LogP contribution in [-0.2, 0) is 6.42 Å². The molecule has 2 aromatic heterocycles. The molecule has 0 bridgehead atoms. The number of aliphatic hydroxyl groups excluding tert-OH is 1. The SMILES string of the molecule is C#Cc1c(F)ccc2cc(O)cc(-c3nc4c5c(nc(OC[C@@]67CCCN6C[C@H](F)C7)nc5c3F)O[C@@H]([C@@H](C)O)CC4)c12. The maximum absolute atomic E-state index is 16.6. The number of alkyl halides is 1. The van der Waals surface area contributed by atoms with E-state index in [1.165, 1.54) is 24.3 Å². The summed E-state index contributed by atoms with van der Waals surface area (Å²) < 4.78 is 57.9. The third-order valence-corrected chi connectivity index (χ3v) is 8.96. The van der Waals surface area contributed by atoms with Crippen molar-refractivity contribution in [1.29, 1.82) is 0 Å². The van der Waals surface area contributed by atoms with Crippen molar-refractivity contribution in [1.82, 2.24) is 19.9 Å². The van der Waals surface area contributed by atoms with E-state index < -0.39 is 35.6 Å². The van der Waals surface area contributed by atoms with Crippen LogP contribution in [0, 0.1) is 24.0 Å². The van der Waals surface area contributed by atoms with Gasteiger partial charge in [-0.1, -0.05) is 12.0 Å². The van der Waals surface area contributed by atoms with E-state index in [2.05, 4.69) is 25.8 Å². The van der Waals surface area contributed by atoms with Crippen LogP contribution in [0.25, 0.3) is 32.9 Å². The summed E-state index contributed by atoms with van der Waals surface area (Å²) in [7, 11) is 0. The van der Waals surface area contributed by atoms with Crippen LogP contribution >= 0.6 is 0 Å². The van der Waals surface area contributed by atoms with Crippen LogP contribution in [0.2, 0.25) is 0 Å². The predicted molar refractivity (Wildman–Crippen MR) is 153 cm³/mol. The van der Waals surface area contributed by atoms with E-state index in [1.54, 1.807) is 6.92 Å². The molecule has 2 saturated heterocycles. The first-order chi connectivity index (χ1) is 20.7. The first-order valence-electron chi connectivity index (χ1n) is 14.4. The van der Waals surface area contributed by atoms with E-state index >= 15 is 4.39 Å². The van der Waals surface area contributed by atoms with E-state index in [1.807, 2.05) is 0 Å². The van der Waals surface area contributed by atoms with Gasteiger partial charge < -0.3 is 19.7 Å². The number of benzene rings is 2. The van der Waals surface area contributed by atoms with Crippen LogP contribution in [0.5, 0.6) is 17.6 Å². The van der Waals surface area contributed by atoms with Gasteiger partial charge in [-0.3, -0.25) is 4.90 Å². The van der Waals surface area contributed by atoms with Gasteiger partial charge in [0.25, 0.3) is 0 Å². The van der Waals surface area contributed by atoms with Gasteiger partial charge >= 0.3 is 6.01 Å². The number of phenols is 1.